The Morgan fingerprint density at radius 2 is 1.52 bits per heavy atom. The zero-order chi connectivity index (χ0) is 21.5. The number of nitrogens with zero attached hydrogens (tertiary/aromatic N) is 1. The third-order valence-corrected chi connectivity index (χ3v) is 6.12. The number of benzene rings is 2. The van der Waals surface area contributed by atoms with Crippen molar-refractivity contribution in [3.63, 3.8) is 0 Å². The first-order valence-electron chi connectivity index (χ1n) is 9.80. The van der Waals surface area contributed by atoms with Gasteiger partial charge in [0.15, 0.2) is 0 Å². The van der Waals surface area contributed by atoms with Gasteiger partial charge in [0.2, 0.25) is 0 Å². The van der Waals surface area contributed by atoms with E-state index in [1.807, 2.05) is 26.2 Å². The molecule has 160 valence electrons. The molecule has 1 aliphatic carbocycles. The summed E-state index contributed by atoms with van der Waals surface area (Å²) in [5.41, 5.74) is 0.523. The third-order valence-electron chi connectivity index (χ3n) is 5.25. The minimum atomic E-state index is -4.00. The highest BCUT2D eigenvalue weighted by Crippen LogP contribution is 2.40. The average molecular weight is 422 g/mol. The van der Waals surface area contributed by atoms with E-state index < -0.39 is 15.7 Å². The molecule has 1 unspecified atom stereocenters. The van der Waals surface area contributed by atoms with Crippen LogP contribution in [0, 0.1) is 0 Å². The normalized spacial score (nSPS) is 17.3. The molecule has 6 nitrogen and oxygen atoms in total. The molecule has 2 aromatic carbocycles. The van der Waals surface area contributed by atoms with Crippen LogP contribution in [-0.4, -0.2) is 54.3 Å². The standard InChI is InChI=1S/C16H25NO2.C6H6O3S/c1-17(2)12-15(13-6-8-14(18)9-7-13)16(19)10-4-3-5-11-16;7-10(8,9)6-4-2-1-3-5-6/h6-9,15,18-19H,3-5,10-12H2,1-2H3;1-5H,(H,7,8,9). The molecule has 7 heteroatoms. The zero-order valence-corrected chi connectivity index (χ0v) is 17.8. The highest BCUT2D eigenvalue weighted by molar-refractivity contribution is 7.85. The summed E-state index contributed by atoms with van der Waals surface area (Å²) in [6.45, 7) is 0.835. The van der Waals surface area contributed by atoms with Gasteiger partial charge in [-0.1, -0.05) is 49.6 Å². The number of likely N-dealkylation sites (N-methyl/N-ethyl adjacent to an activating group) is 1. The van der Waals surface area contributed by atoms with Crippen molar-refractivity contribution in [1.29, 1.82) is 0 Å². The molecule has 29 heavy (non-hydrogen) atoms. The number of hydrogen-bond donors (Lipinski definition) is 3. The van der Waals surface area contributed by atoms with Crippen LogP contribution in [0.25, 0.3) is 0 Å². The number of aromatic hydroxyl groups is 1. The molecule has 0 spiro atoms. The predicted molar refractivity (Wildman–Crippen MR) is 114 cm³/mol. The van der Waals surface area contributed by atoms with Crippen LogP contribution < -0.4 is 0 Å². The monoisotopic (exact) mass is 421 g/mol. The van der Waals surface area contributed by atoms with Crippen molar-refractivity contribution >= 4 is 10.1 Å². The number of rotatable bonds is 5. The Bertz CT molecular complexity index is 845. The van der Waals surface area contributed by atoms with Crippen molar-refractivity contribution in [3.8, 4) is 5.75 Å². The lowest BCUT2D eigenvalue weighted by Gasteiger charge is -2.40. The summed E-state index contributed by atoms with van der Waals surface area (Å²) >= 11 is 0. The molecule has 0 saturated heterocycles. The Morgan fingerprint density at radius 3 is 1.97 bits per heavy atom. The second kappa shape index (κ2) is 10.2. The average Bonchev–Trinajstić information content (AvgIpc) is 2.68. The van der Waals surface area contributed by atoms with Gasteiger partial charge in [0, 0.05) is 12.5 Å². The summed E-state index contributed by atoms with van der Waals surface area (Å²) in [5, 5.41) is 20.4. The first kappa shape index (κ1) is 23.3. The Labute approximate surface area is 173 Å². The molecule has 3 N–H and O–H groups in total. The van der Waals surface area contributed by atoms with E-state index in [1.165, 1.54) is 18.6 Å². The number of phenolic OH excluding ortho intramolecular Hbond substituents is 1. The lowest BCUT2D eigenvalue weighted by Crippen LogP contribution is -2.42. The fourth-order valence-corrected chi connectivity index (χ4v) is 4.26. The van der Waals surface area contributed by atoms with Gasteiger partial charge in [0.25, 0.3) is 10.1 Å². The second-order valence-electron chi connectivity index (χ2n) is 7.86. The predicted octanol–water partition coefficient (Wildman–Crippen LogP) is 3.67. The minimum Gasteiger partial charge on any atom is -0.508 e. The number of aliphatic hydroxyl groups is 1. The van der Waals surface area contributed by atoms with E-state index in [2.05, 4.69) is 4.90 Å². The summed E-state index contributed by atoms with van der Waals surface area (Å²) in [5.74, 6) is 0.395. The summed E-state index contributed by atoms with van der Waals surface area (Å²) < 4.78 is 29.2. The third kappa shape index (κ3) is 7.12. The highest BCUT2D eigenvalue weighted by atomic mass is 32.2. The van der Waals surface area contributed by atoms with Crippen molar-refractivity contribution in [2.45, 2.75) is 48.5 Å². The van der Waals surface area contributed by atoms with Crippen LogP contribution in [0.3, 0.4) is 0 Å². The molecule has 0 radical (unpaired) electrons. The topological polar surface area (TPSA) is 98.1 Å². The van der Waals surface area contributed by atoms with Crippen LogP contribution in [0.5, 0.6) is 5.75 Å². The summed E-state index contributed by atoms with van der Waals surface area (Å²) in [6, 6.07) is 14.7. The van der Waals surface area contributed by atoms with Gasteiger partial charge >= 0.3 is 0 Å². The van der Waals surface area contributed by atoms with Gasteiger partial charge in [0.05, 0.1) is 10.5 Å². The van der Waals surface area contributed by atoms with Gasteiger partial charge in [-0.2, -0.15) is 8.42 Å². The molecule has 0 aliphatic heterocycles. The van der Waals surface area contributed by atoms with Crippen molar-refractivity contribution in [2.24, 2.45) is 0 Å². The van der Waals surface area contributed by atoms with Crippen LogP contribution in [0.2, 0.25) is 0 Å². The molecular weight excluding hydrogens is 390 g/mol. The number of phenols is 1. The first-order chi connectivity index (χ1) is 13.6. The highest BCUT2D eigenvalue weighted by Gasteiger charge is 2.38. The maximum atomic E-state index is 11.0. The fourth-order valence-electron chi connectivity index (χ4n) is 3.76. The summed E-state index contributed by atoms with van der Waals surface area (Å²) in [6.07, 6.45) is 5.21. The molecule has 0 bridgehead atoms. The summed E-state index contributed by atoms with van der Waals surface area (Å²) in [7, 11) is 0.0797. The maximum Gasteiger partial charge on any atom is 0.294 e. The van der Waals surface area contributed by atoms with Crippen molar-refractivity contribution in [3.05, 3.63) is 60.2 Å². The molecule has 0 amide bonds. The largest absolute Gasteiger partial charge is 0.508 e. The van der Waals surface area contributed by atoms with Gasteiger partial charge in [-0.3, -0.25) is 4.55 Å². The number of hydrogen-bond acceptors (Lipinski definition) is 5. The lowest BCUT2D eigenvalue weighted by molar-refractivity contribution is -0.0277. The van der Waals surface area contributed by atoms with Crippen LogP contribution in [0.1, 0.15) is 43.6 Å². The smallest absolute Gasteiger partial charge is 0.294 e. The molecule has 1 atom stereocenters. The van der Waals surface area contributed by atoms with E-state index >= 15 is 0 Å². The Morgan fingerprint density at radius 1 is 0.966 bits per heavy atom. The van der Waals surface area contributed by atoms with Crippen LogP contribution in [0.4, 0.5) is 0 Å². The Hall–Kier alpha value is -1.93. The molecule has 2 aromatic rings. The lowest BCUT2D eigenvalue weighted by atomic mass is 9.72. The van der Waals surface area contributed by atoms with E-state index in [9.17, 15) is 18.6 Å². The Balaban J connectivity index is 0.000000253. The van der Waals surface area contributed by atoms with E-state index in [0.717, 1.165) is 37.8 Å². The molecule has 1 saturated carbocycles. The van der Waals surface area contributed by atoms with Crippen LogP contribution in [0.15, 0.2) is 59.5 Å². The van der Waals surface area contributed by atoms with Gasteiger partial charge in [-0.15, -0.1) is 0 Å². The SMILES string of the molecule is CN(C)CC(c1ccc(O)cc1)C1(O)CCCCC1.O=S(=O)(O)c1ccccc1. The van der Waals surface area contributed by atoms with Crippen molar-refractivity contribution < 1.29 is 23.2 Å². The minimum absolute atomic E-state index is 0.0741. The van der Waals surface area contributed by atoms with Gasteiger partial charge in [-0.25, -0.2) is 0 Å². The first-order valence-corrected chi connectivity index (χ1v) is 11.2. The van der Waals surface area contributed by atoms with Gasteiger partial charge < -0.3 is 15.1 Å². The zero-order valence-electron chi connectivity index (χ0n) is 17.0. The van der Waals surface area contributed by atoms with E-state index in [4.69, 9.17) is 4.55 Å². The van der Waals surface area contributed by atoms with Gasteiger partial charge in [-0.05, 0) is 56.8 Å². The van der Waals surface area contributed by atoms with Crippen LogP contribution >= 0.6 is 0 Å². The van der Waals surface area contributed by atoms with E-state index in [0.29, 0.717) is 0 Å². The van der Waals surface area contributed by atoms with E-state index in [1.54, 1.807) is 30.3 Å². The van der Waals surface area contributed by atoms with Crippen molar-refractivity contribution in [1.82, 2.24) is 4.90 Å². The molecular formula is C22H31NO5S. The molecule has 0 aromatic heterocycles. The quantitative estimate of drug-likeness (QED) is 0.637. The van der Waals surface area contributed by atoms with E-state index in [-0.39, 0.29) is 16.6 Å². The molecule has 1 aliphatic rings. The van der Waals surface area contributed by atoms with Crippen molar-refractivity contribution in [2.75, 3.05) is 20.6 Å². The maximum absolute atomic E-state index is 11.0. The fraction of sp³-hybridized carbons (Fsp3) is 0.455. The van der Waals surface area contributed by atoms with Gasteiger partial charge in [0.1, 0.15) is 5.75 Å². The molecule has 0 heterocycles. The summed E-state index contributed by atoms with van der Waals surface area (Å²) in [4.78, 5) is 2.05. The van der Waals surface area contributed by atoms with Crippen LogP contribution in [-0.2, 0) is 10.1 Å². The second-order valence-corrected chi connectivity index (χ2v) is 9.28. The molecule has 1 fully saturated rings. The molecule has 3 rings (SSSR count). The Kier molecular flexibility index (Phi) is 8.22.